The summed E-state index contributed by atoms with van der Waals surface area (Å²) in [4.78, 5) is 2.73. The maximum absolute atomic E-state index is 4.24. The van der Waals surface area contributed by atoms with Gasteiger partial charge in [0.05, 0.1) is 0 Å². The molecule has 0 amide bonds. The summed E-state index contributed by atoms with van der Waals surface area (Å²) in [6, 6.07) is 53.3. The summed E-state index contributed by atoms with van der Waals surface area (Å²) in [6.45, 7) is 90.7. The molecular formula is C114H162N4. The lowest BCUT2D eigenvalue weighted by Gasteiger charge is -2.27. The molecule has 0 fully saturated rings. The maximum atomic E-state index is 4.24. The predicted octanol–water partition coefficient (Wildman–Crippen LogP) is 34.8. The van der Waals surface area contributed by atoms with Gasteiger partial charge in [-0.25, -0.2) is 0 Å². The molecule has 9 aromatic rings. The number of rotatable bonds is 36. The zero-order chi connectivity index (χ0) is 87.2. The largest absolute Gasteiger partial charge is 0.384 e. The zero-order valence-electron chi connectivity index (χ0n) is 81.2. The van der Waals surface area contributed by atoms with Gasteiger partial charge >= 0.3 is 0 Å². The van der Waals surface area contributed by atoms with E-state index in [0.717, 1.165) is 39.3 Å². The van der Waals surface area contributed by atoms with Crippen LogP contribution in [0, 0.1) is 0 Å². The summed E-state index contributed by atoms with van der Waals surface area (Å²) in [6.07, 6.45) is 0. The highest BCUT2D eigenvalue weighted by molar-refractivity contribution is 5.88. The summed E-state index contributed by atoms with van der Waals surface area (Å²) in [5, 5.41) is 12.7. The van der Waals surface area contributed by atoms with Gasteiger partial charge < -0.3 is 16.0 Å². The van der Waals surface area contributed by atoms with E-state index in [1.165, 1.54) is 184 Å². The van der Waals surface area contributed by atoms with Gasteiger partial charge in [0.15, 0.2) is 0 Å². The molecule has 0 bridgehead atoms. The highest BCUT2D eigenvalue weighted by atomic mass is 15.2. The molecule has 0 saturated carbocycles. The fraction of sp³-hybridized carbons (Fsp3) is 0.526. The Morgan fingerprint density at radius 2 is 0.280 bits per heavy atom. The Morgan fingerprint density at radius 3 is 0.381 bits per heavy atom. The summed E-state index contributed by atoms with van der Waals surface area (Å²) in [5.74, 6) is 6.57. The Kier molecular flexibility index (Phi) is 32.2. The van der Waals surface area contributed by atoms with Crippen LogP contribution in [0.4, 0.5) is 17.1 Å². The lowest BCUT2D eigenvalue weighted by atomic mass is 9.79. The van der Waals surface area contributed by atoms with E-state index in [4.69, 9.17) is 0 Å². The molecule has 0 aliphatic carbocycles. The number of nitrogens with one attached hydrogen (secondary N) is 3. The fourth-order valence-electron chi connectivity index (χ4n) is 18.2. The maximum Gasteiger partial charge on any atom is 0.0353 e. The van der Waals surface area contributed by atoms with Crippen molar-refractivity contribution in [3.05, 3.63) is 228 Å². The molecule has 0 aromatic heterocycles. The van der Waals surface area contributed by atoms with Crippen LogP contribution in [0.2, 0.25) is 0 Å². The second kappa shape index (κ2) is 40.4. The summed E-state index contributed by atoms with van der Waals surface area (Å²) in [5.41, 5.74) is 45.5. The molecule has 638 valence electrons. The van der Waals surface area contributed by atoms with Crippen molar-refractivity contribution in [1.29, 1.82) is 0 Å². The molecule has 9 rings (SSSR count). The van der Waals surface area contributed by atoms with Gasteiger partial charge in [-0.2, -0.15) is 0 Å². The van der Waals surface area contributed by atoms with Gasteiger partial charge in [-0.3, -0.25) is 4.90 Å². The number of nitrogens with zero attached hydrogens (tertiary/aromatic N) is 1. The minimum Gasteiger partial charge on any atom is -0.384 e. The van der Waals surface area contributed by atoms with Crippen molar-refractivity contribution in [1.82, 2.24) is 4.90 Å². The molecule has 0 saturated heterocycles. The number of hydrogen-bond acceptors (Lipinski definition) is 4. The van der Waals surface area contributed by atoms with Crippen LogP contribution in [0.25, 0.3) is 66.8 Å². The van der Waals surface area contributed by atoms with Gasteiger partial charge in [-0.05, 0) is 328 Å². The molecule has 0 spiro atoms. The number of anilines is 3. The van der Waals surface area contributed by atoms with E-state index >= 15 is 0 Å². The van der Waals surface area contributed by atoms with Crippen LogP contribution in [-0.2, 0) is 0 Å². The monoisotopic (exact) mass is 1590 g/mol. The topological polar surface area (TPSA) is 39.3 Å². The highest BCUT2D eigenvalue weighted by Crippen LogP contribution is 2.50. The van der Waals surface area contributed by atoms with E-state index in [1.54, 1.807) is 0 Å². The molecule has 9 aromatic carbocycles. The average Bonchev–Trinajstić information content (AvgIpc) is 0.764. The van der Waals surface area contributed by atoms with Crippen LogP contribution >= 0.6 is 0 Å². The molecule has 0 atom stereocenters. The third-order valence-electron chi connectivity index (χ3n) is 25.6. The Labute approximate surface area is 722 Å². The average molecular weight is 1590 g/mol. The van der Waals surface area contributed by atoms with Crippen LogP contribution in [0.1, 0.15) is 456 Å². The van der Waals surface area contributed by atoms with Crippen LogP contribution in [0.5, 0.6) is 0 Å². The van der Waals surface area contributed by atoms with Crippen molar-refractivity contribution in [3.8, 4) is 66.8 Å². The normalized spacial score (nSPS) is 12.5. The standard InChI is InChI=1S/C114H162N4/c1-64(2)82-52-97(70(13)14)109(98(53-82)71(15)16)88-43-89(110-99(72(17)18)54-83(65(3)4)55-100(110)73(19)20)47-94(46-88)115-37-40-118(41-38-116-95-48-90(111-101(74(21)22)56-84(66(5)6)57-102(111)75(23)24)44-91(49-95)112-103(76(25)26)58-85(67(7)8)59-104(112)77(27)28)42-39-117-96-50-92(113-105(78(29)30)60-86(68(9)10)61-106(113)79(31)32)45-93(51-96)114-107(80(33)34)62-87(69(11)12)63-108(114)81(35)36/h43-81,115-117H,37-42H2,1-36H3. The van der Waals surface area contributed by atoms with Gasteiger partial charge in [-0.15, -0.1) is 0 Å². The van der Waals surface area contributed by atoms with Crippen LogP contribution < -0.4 is 16.0 Å². The number of hydrogen-bond donors (Lipinski definition) is 3. The van der Waals surface area contributed by atoms with Gasteiger partial charge in [0.25, 0.3) is 0 Å². The molecule has 4 heteroatoms. The smallest absolute Gasteiger partial charge is 0.0353 e. The molecule has 118 heavy (non-hydrogen) atoms. The molecular weight excluding hydrogens is 1430 g/mol. The first-order chi connectivity index (χ1) is 55.4. The highest BCUT2D eigenvalue weighted by Gasteiger charge is 2.29. The molecule has 0 unspecified atom stereocenters. The van der Waals surface area contributed by atoms with Crippen molar-refractivity contribution in [2.24, 2.45) is 0 Å². The molecule has 0 aliphatic heterocycles. The Balaban J connectivity index is 1.24. The third-order valence-corrected chi connectivity index (χ3v) is 25.6. The number of benzene rings is 9. The lowest BCUT2D eigenvalue weighted by molar-refractivity contribution is 0.306. The van der Waals surface area contributed by atoms with Crippen molar-refractivity contribution in [3.63, 3.8) is 0 Å². The quantitative estimate of drug-likeness (QED) is 0.0366. The predicted molar refractivity (Wildman–Crippen MR) is 527 cm³/mol. The SMILES string of the molecule is CC(C)c1cc(C(C)C)c(-c2cc(NCCN(CCNc3cc(-c4c(C(C)C)cc(C(C)C)cc4C(C)C)cc(-c4c(C(C)C)cc(C(C)C)cc4C(C)C)c3)CCNc3cc(-c4c(C(C)C)cc(C(C)C)cc4C(C)C)cc(-c4c(C(C)C)cc(C(C)C)cc4C(C)C)c3)cc(-c3c(C(C)C)cc(C(C)C)cc3C(C)C)c2)c(C(C)C)c1. The minimum absolute atomic E-state index is 0.336. The second-order valence-corrected chi connectivity index (χ2v) is 41.2. The van der Waals surface area contributed by atoms with Gasteiger partial charge in [0, 0.05) is 56.3 Å². The second-order valence-electron chi connectivity index (χ2n) is 41.2. The molecule has 0 radical (unpaired) electrons. The summed E-state index contributed by atoms with van der Waals surface area (Å²) >= 11 is 0. The fourth-order valence-corrected chi connectivity index (χ4v) is 18.2. The van der Waals surface area contributed by atoms with E-state index in [1.807, 2.05) is 0 Å². The zero-order valence-corrected chi connectivity index (χ0v) is 81.2. The first-order valence-corrected chi connectivity index (χ1v) is 46.9. The Hall–Kier alpha value is -7.66. The van der Waals surface area contributed by atoms with Crippen molar-refractivity contribution in [2.75, 3.05) is 55.2 Å². The van der Waals surface area contributed by atoms with E-state index < -0.39 is 0 Å². The van der Waals surface area contributed by atoms with E-state index in [2.05, 4.69) is 397 Å². The van der Waals surface area contributed by atoms with Crippen molar-refractivity contribution < 1.29 is 0 Å². The summed E-state index contributed by atoms with van der Waals surface area (Å²) < 4.78 is 0. The molecule has 3 N–H and O–H groups in total. The van der Waals surface area contributed by atoms with E-state index in [0.29, 0.717) is 107 Å². The Morgan fingerprint density at radius 1 is 0.161 bits per heavy atom. The molecule has 0 aliphatic rings. The first-order valence-electron chi connectivity index (χ1n) is 46.9. The Bertz CT molecular complexity index is 3940. The first kappa shape index (κ1) is 94.2. The van der Waals surface area contributed by atoms with Crippen LogP contribution in [0.3, 0.4) is 0 Å². The minimum atomic E-state index is 0.336. The van der Waals surface area contributed by atoms with Crippen LogP contribution in [0.15, 0.2) is 127 Å². The third kappa shape index (κ3) is 22.0. The molecule has 0 heterocycles. The van der Waals surface area contributed by atoms with E-state index in [-0.39, 0.29) is 0 Å². The van der Waals surface area contributed by atoms with Crippen molar-refractivity contribution >= 4 is 17.1 Å². The van der Waals surface area contributed by atoms with Crippen molar-refractivity contribution in [2.45, 2.75) is 356 Å². The van der Waals surface area contributed by atoms with Gasteiger partial charge in [0.1, 0.15) is 0 Å². The van der Waals surface area contributed by atoms with Crippen LogP contribution in [-0.4, -0.2) is 44.2 Å². The lowest BCUT2D eigenvalue weighted by Crippen LogP contribution is -2.36. The van der Waals surface area contributed by atoms with E-state index in [9.17, 15) is 0 Å². The summed E-state index contributed by atoms with van der Waals surface area (Å²) in [7, 11) is 0. The van der Waals surface area contributed by atoms with Gasteiger partial charge in [-0.1, -0.05) is 322 Å². The van der Waals surface area contributed by atoms with Gasteiger partial charge in [0.2, 0.25) is 0 Å². The molecule has 4 nitrogen and oxygen atoms in total.